The predicted octanol–water partition coefficient (Wildman–Crippen LogP) is 6.70. The molecule has 0 saturated heterocycles. The fraction of sp³-hybridized carbons (Fsp3) is 0.0400. The molecule has 1 aliphatic rings. The van der Waals surface area contributed by atoms with Crippen LogP contribution >= 0.6 is 0 Å². The van der Waals surface area contributed by atoms with Crippen molar-refractivity contribution in [3.63, 3.8) is 0 Å². The van der Waals surface area contributed by atoms with Gasteiger partial charge in [0.25, 0.3) is 0 Å². The highest BCUT2D eigenvalue weighted by Crippen LogP contribution is 2.48. The fourth-order valence-electron chi connectivity index (χ4n) is 4.12. The Hall–Kier alpha value is -3.79. The van der Waals surface area contributed by atoms with Crippen molar-refractivity contribution >= 4 is 44.8 Å². The molecule has 6 rings (SSSR count). The van der Waals surface area contributed by atoms with Gasteiger partial charge >= 0.3 is 0 Å². The van der Waals surface area contributed by atoms with Crippen LogP contribution in [0.1, 0.15) is 5.56 Å². The molecule has 0 bridgehead atoms. The topological polar surface area (TPSA) is 32.5 Å². The minimum atomic E-state index is 0.883. The molecule has 0 spiro atoms. The number of pyridine rings is 1. The van der Waals surface area contributed by atoms with Gasteiger partial charge in [-0.2, -0.15) is 0 Å². The molecule has 2 aromatic heterocycles. The number of benzene rings is 3. The van der Waals surface area contributed by atoms with Crippen molar-refractivity contribution < 1.29 is 4.42 Å². The predicted molar refractivity (Wildman–Crippen MR) is 118 cm³/mol. The summed E-state index contributed by atoms with van der Waals surface area (Å²) in [4.78, 5) is 9.02. The number of nitrogens with zero attached hydrogens (tertiary/aromatic N) is 3. The third kappa shape index (κ3) is 2.36. The van der Waals surface area contributed by atoms with E-state index in [1.165, 1.54) is 0 Å². The highest BCUT2D eigenvalue weighted by molar-refractivity contribution is 6.11. The zero-order valence-electron chi connectivity index (χ0n) is 15.9. The largest absolute Gasteiger partial charge is 0.454 e. The van der Waals surface area contributed by atoms with Crippen molar-refractivity contribution in [2.24, 2.45) is 0 Å². The van der Waals surface area contributed by atoms with Crippen LogP contribution in [0.15, 0.2) is 89.5 Å². The Kier molecular flexibility index (Phi) is 3.41. The molecule has 5 aromatic rings. The van der Waals surface area contributed by atoms with Crippen molar-refractivity contribution in [2.45, 2.75) is 6.92 Å². The molecule has 0 fully saturated rings. The molecule has 3 heterocycles. The second-order valence-corrected chi connectivity index (χ2v) is 7.24. The minimum Gasteiger partial charge on any atom is -0.454 e. The van der Waals surface area contributed by atoms with E-state index < -0.39 is 0 Å². The minimum absolute atomic E-state index is 0.883. The smallest absolute Gasteiger partial charge is 0.159 e. The molecule has 0 N–H and O–H groups in total. The first kappa shape index (κ1) is 16.2. The molecule has 4 nitrogen and oxygen atoms in total. The van der Waals surface area contributed by atoms with Crippen LogP contribution in [0.5, 0.6) is 0 Å². The molecule has 0 aliphatic carbocycles. The summed E-state index contributed by atoms with van der Waals surface area (Å²) in [6.07, 6.45) is 1.84. The molecule has 0 atom stereocenters. The lowest BCUT2D eigenvalue weighted by Gasteiger charge is -2.22. The zero-order valence-corrected chi connectivity index (χ0v) is 15.9. The Labute approximate surface area is 168 Å². The maximum atomic E-state index is 6.32. The van der Waals surface area contributed by atoms with Gasteiger partial charge in [-0.3, -0.25) is 4.90 Å². The highest BCUT2D eigenvalue weighted by atomic mass is 16.3. The summed E-state index contributed by atoms with van der Waals surface area (Å²) in [6, 6.07) is 26.9. The van der Waals surface area contributed by atoms with Crippen LogP contribution < -0.4 is 9.80 Å². The first-order valence-electron chi connectivity index (χ1n) is 9.65. The van der Waals surface area contributed by atoms with Crippen LogP contribution in [-0.2, 0) is 0 Å². The van der Waals surface area contributed by atoms with E-state index in [0.717, 1.165) is 50.4 Å². The van der Waals surface area contributed by atoms with E-state index >= 15 is 0 Å². The summed E-state index contributed by atoms with van der Waals surface area (Å²) in [5.74, 6) is 0.896. The van der Waals surface area contributed by atoms with Crippen LogP contribution in [0.4, 0.5) is 22.9 Å². The average Bonchev–Trinajstić information content (AvgIpc) is 3.33. The van der Waals surface area contributed by atoms with Crippen molar-refractivity contribution in [1.29, 1.82) is 0 Å². The normalized spacial score (nSPS) is 13.4. The molecule has 1 radical (unpaired) electrons. The van der Waals surface area contributed by atoms with E-state index in [-0.39, 0.29) is 0 Å². The van der Waals surface area contributed by atoms with Crippen molar-refractivity contribution in [3.8, 4) is 0 Å². The van der Waals surface area contributed by atoms with Gasteiger partial charge in [0, 0.05) is 22.7 Å². The SMILES string of the molecule is Cc1ccc2c(oc3ccccc32)c1N1[CH]N(c2ccccc2)c2cccnc21. The first-order valence-corrected chi connectivity index (χ1v) is 9.65. The lowest BCUT2D eigenvalue weighted by Crippen LogP contribution is -2.18. The first-order chi connectivity index (χ1) is 14.3. The molecule has 0 saturated carbocycles. The van der Waals surface area contributed by atoms with Gasteiger partial charge < -0.3 is 9.32 Å². The fourth-order valence-corrected chi connectivity index (χ4v) is 4.12. The number of fused-ring (bicyclic) bond motifs is 4. The van der Waals surface area contributed by atoms with Gasteiger partial charge in [0.2, 0.25) is 0 Å². The van der Waals surface area contributed by atoms with Crippen molar-refractivity contribution in [2.75, 3.05) is 9.80 Å². The summed E-state index contributed by atoms with van der Waals surface area (Å²) in [5.41, 5.74) is 6.09. The van der Waals surface area contributed by atoms with Gasteiger partial charge in [-0.25, -0.2) is 4.98 Å². The summed E-state index contributed by atoms with van der Waals surface area (Å²) in [7, 11) is 0. The maximum Gasteiger partial charge on any atom is 0.159 e. The van der Waals surface area contributed by atoms with Crippen LogP contribution in [0, 0.1) is 13.6 Å². The third-order valence-electron chi connectivity index (χ3n) is 5.48. The van der Waals surface area contributed by atoms with Gasteiger partial charge in [-0.1, -0.05) is 48.5 Å². The molecule has 0 amide bonds. The summed E-state index contributed by atoms with van der Waals surface area (Å²) in [6.45, 7) is 4.21. The number of furan rings is 1. The molecular weight excluding hydrogens is 358 g/mol. The Balaban J connectivity index is 1.59. The van der Waals surface area contributed by atoms with Crippen LogP contribution in [-0.4, -0.2) is 4.98 Å². The van der Waals surface area contributed by atoms with E-state index in [0.29, 0.717) is 0 Å². The molecular formula is C25H18N3O. The van der Waals surface area contributed by atoms with E-state index in [9.17, 15) is 0 Å². The van der Waals surface area contributed by atoms with E-state index in [1.807, 2.05) is 48.7 Å². The molecule has 1 aliphatic heterocycles. The van der Waals surface area contributed by atoms with Gasteiger partial charge in [-0.15, -0.1) is 0 Å². The van der Waals surface area contributed by atoms with Gasteiger partial charge in [0.15, 0.2) is 18.1 Å². The number of para-hydroxylation sites is 2. The number of hydrogen-bond acceptors (Lipinski definition) is 4. The number of aromatic nitrogens is 1. The van der Waals surface area contributed by atoms with Crippen molar-refractivity contribution in [1.82, 2.24) is 4.98 Å². The van der Waals surface area contributed by atoms with Crippen LogP contribution in [0.3, 0.4) is 0 Å². The summed E-state index contributed by atoms with van der Waals surface area (Å²) in [5, 5.41) is 2.24. The Morgan fingerprint density at radius 1 is 0.759 bits per heavy atom. The van der Waals surface area contributed by atoms with Gasteiger partial charge in [0.1, 0.15) is 5.58 Å². The third-order valence-corrected chi connectivity index (χ3v) is 5.48. The van der Waals surface area contributed by atoms with Gasteiger partial charge in [-0.05, 0) is 42.8 Å². The quantitative estimate of drug-likeness (QED) is 0.343. The van der Waals surface area contributed by atoms with E-state index in [2.05, 4.69) is 59.8 Å². The molecule has 29 heavy (non-hydrogen) atoms. The Morgan fingerprint density at radius 3 is 2.48 bits per heavy atom. The molecule has 3 aromatic carbocycles. The summed E-state index contributed by atoms with van der Waals surface area (Å²) >= 11 is 0. The van der Waals surface area contributed by atoms with Crippen LogP contribution in [0.25, 0.3) is 21.9 Å². The number of aryl methyl sites for hydroxylation is 1. The summed E-state index contributed by atoms with van der Waals surface area (Å²) < 4.78 is 6.32. The zero-order chi connectivity index (χ0) is 19.4. The maximum absolute atomic E-state index is 6.32. The standard InChI is InChI=1S/C25H18N3O/c1-17-13-14-20-19-10-5-6-12-22(19)29-24(20)23(17)28-16-27(18-8-3-2-4-9-18)21-11-7-15-26-25(21)28/h2-16H,1H3. The average molecular weight is 376 g/mol. The Morgan fingerprint density at radius 2 is 1.59 bits per heavy atom. The number of hydrogen-bond donors (Lipinski definition) is 0. The monoisotopic (exact) mass is 376 g/mol. The highest BCUT2D eigenvalue weighted by Gasteiger charge is 2.32. The van der Waals surface area contributed by atoms with Crippen LogP contribution in [0.2, 0.25) is 0 Å². The number of anilines is 4. The lowest BCUT2D eigenvalue weighted by atomic mass is 10.1. The molecule has 4 heteroatoms. The van der Waals surface area contributed by atoms with Crippen molar-refractivity contribution in [3.05, 3.63) is 97.3 Å². The van der Waals surface area contributed by atoms with Gasteiger partial charge in [0.05, 0.1) is 11.4 Å². The second kappa shape index (κ2) is 6.11. The lowest BCUT2D eigenvalue weighted by molar-refractivity contribution is 0.668. The molecule has 139 valence electrons. The Bertz CT molecular complexity index is 1360. The van der Waals surface area contributed by atoms with E-state index in [1.54, 1.807) is 0 Å². The van der Waals surface area contributed by atoms with E-state index in [4.69, 9.17) is 9.40 Å². The number of rotatable bonds is 2. The second-order valence-electron chi connectivity index (χ2n) is 7.24. The molecule has 0 unspecified atom stereocenters.